The summed E-state index contributed by atoms with van der Waals surface area (Å²) in [4.78, 5) is 0. The molecule has 0 amide bonds. The Morgan fingerprint density at radius 3 is 1.38 bits per heavy atom. The minimum Gasteiger partial charge on any atom is -0.0622 e. The van der Waals surface area contributed by atoms with Gasteiger partial charge < -0.3 is 0 Å². The summed E-state index contributed by atoms with van der Waals surface area (Å²) in [6.07, 6.45) is 0. The van der Waals surface area contributed by atoms with Crippen molar-refractivity contribution in [1.82, 2.24) is 0 Å². The number of aryl methyl sites for hydroxylation is 1. The minimum atomic E-state index is 0.659. The van der Waals surface area contributed by atoms with E-state index in [9.17, 15) is 0 Å². The van der Waals surface area contributed by atoms with Gasteiger partial charge in [0.15, 0.2) is 0 Å². The molecule has 0 bridgehead atoms. The van der Waals surface area contributed by atoms with E-state index < -0.39 is 0 Å². The lowest BCUT2D eigenvalue weighted by Gasteiger charge is -2.01. The quantitative estimate of drug-likeness (QED) is 0.636. The van der Waals surface area contributed by atoms with Crippen LogP contribution in [0.1, 0.15) is 30.9 Å². The molecule has 0 N–H and O–H groups in total. The van der Waals surface area contributed by atoms with Gasteiger partial charge in [0.2, 0.25) is 0 Å². The van der Waals surface area contributed by atoms with Gasteiger partial charge in [-0.05, 0) is 18.4 Å². The highest BCUT2D eigenvalue weighted by Gasteiger charge is 1.93. The summed E-state index contributed by atoms with van der Waals surface area (Å²) in [6.45, 7) is 6.49. The zero-order valence-electron chi connectivity index (χ0n) is 10.4. The molecule has 0 saturated carbocycles. The van der Waals surface area contributed by atoms with Gasteiger partial charge in [-0.2, -0.15) is 0 Å². The summed E-state index contributed by atoms with van der Waals surface area (Å²) in [5, 5.41) is 0. The Hall–Kier alpha value is -1.56. The molecule has 2 aromatic rings. The van der Waals surface area contributed by atoms with Gasteiger partial charge in [0.1, 0.15) is 0 Å². The molecule has 0 nitrogen and oxygen atoms in total. The zero-order chi connectivity index (χ0) is 11.8. The summed E-state index contributed by atoms with van der Waals surface area (Å²) in [5.74, 6) is 0.659. The molecular weight excluding hydrogens is 192 g/mol. The Labute approximate surface area is 99.0 Å². The minimum absolute atomic E-state index is 0.659. The fourth-order valence-corrected chi connectivity index (χ4v) is 1.37. The Balaban J connectivity index is 0.000000165. The third kappa shape index (κ3) is 4.79. The van der Waals surface area contributed by atoms with Crippen molar-refractivity contribution in [2.45, 2.75) is 26.7 Å². The van der Waals surface area contributed by atoms with Crippen molar-refractivity contribution < 1.29 is 0 Å². The molecule has 0 radical (unpaired) electrons. The van der Waals surface area contributed by atoms with Gasteiger partial charge in [0, 0.05) is 0 Å². The lowest BCUT2D eigenvalue weighted by Crippen LogP contribution is -1.83. The van der Waals surface area contributed by atoms with E-state index in [0.717, 1.165) is 0 Å². The highest BCUT2D eigenvalue weighted by atomic mass is 14.0. The average Bonchev–Trinajstić information content (AvgIpc) is 2.32. The second kappa shape index (κ2) is 6.84. The zero-order valence-corrected chi connectivity index (χ0v) is 10.4. The van der Waals surface area contributed by atoms with Crippen LogP contribution in [0, 0.1) is 6.92 Å². The van der Waals surface area contributed by atoms with E-state index in [-0.39, 0.29) is 0 Å². The second-order valence-electron chi connectivity index (χ2n) is 4.22. The van der Waals surface area contributed by atoms with Crippen LogP contribution in [0.5, 0.6) is 0 Å². The summed E-state index contributed by atoms with van der Waals surface area (Å²) in [7, 11) is 0. The van der Waals surface area contributed by atoms with Gasteiger partial charge in [0.25, 0.3) is 0 Å². The van der Waals surface area contributed by atoms with Crippen molar-refractivity contribution in [2.24, 2.45) is 0 Å². The van der Waals surface area contributed by atoms with E-state index in [4.69, 9.17) is 0 Å². The number of hydrogen-bond acceptors (Lipinski definition) is 0. The first kappa shape index (κ1) is 12.5. The van der Waals surface area contributed by atoms with Crippen LogP contribution in [0.4, 0.5) is 0 Å². The molecule has 0 unspecified atom stereocenters. The molecule has 0 aliphatic carbocycles. The summed E-state index contributed by atoms with van der Waals surface area (Å²) in [6, 6.07) is 20.8. The van der Waals surface area contributed by atoms with Crippen LogP contribution in [-0.2, 0) is 0 Å². The van der Waals surface area contributed by atoms with Crippen molar-refractivity contribution in [3.63, 3.8) is 0 Å². The third-order valence-corrected chi connectivity index (χ3v) is 2.41. The van der Waals surface area contributed by atoms with E-state index >= 15 is 0 Å². The van der Waals surface area contributed by atoms with Gasteiger partial charge in [-0.15, -0.1) is 0 Å². The van der Waals surface area contributed by atoms with E-state index in [2.05, 4.69) is 57.2 Å². The first-order valence-electron chi connectivity index (χ1n) is 5.76. The van der Waals surface area contributed by atoms with Gasteiger partial charge in [0.05, 0.1) is 0 Å². The molecule has 2 aromatic carbocycles. The third-order valence-electron chi connectivity index (χ3n) is 2.41. The van der Waals surface area contributed by atoms with Gasteiger partial charge in [-0.3, -0.25) is 0 Å². The molecule has 0 saturated heterocycles. The molecule has 0 aromatic heterocycles. The maximum atomic E-state index is 2.20. The number of hydrogen-bond donors (Lipinski definition) is 0. The van der Waals surface area contributed by atoms with Crippen molar-refractivity contribution in [3.8, 4) is 0 Å². The van der Waals surface area contributed by atoms with Crippen LogP contribution in [0.3, 0.4) is 0 Å². The molecule has 0 heterocycles. The molecular formula is C16H20. The van der Waals surface area contributed by atoms with Crippen LogP contribution < -0.4 is 0 Å². The van der Waals surface area contributed by atoms with E-state index in [1.54, 1.807) is 0 Å². The predicted molar refractivity (Wildman–Crippen MR) is 71.7 cm³/mol. The topological polar surface area (TPSA) is 0 Å². The summed E-state index contributed by atoms with van der Waals surface area (Å²) in [5.41, 5.74) is 2.74. The van der Waals surface area contributed by atoms with Crippen LogP contribution >= 0.6 is 0 Å². The lowest BCUT2D eigenvalue weighted by atomic mass is 10.0. The molecule has 0 aliphatic heterocycles. The summed E-state index contributed by atoms with van der Waals surface area (Å²) >= 11 is 0. The van der Waals surface area contributed by atoms with Crippen LogP contribution in [0.15, 0.2) is 60.7 Å². The van der Waals surface area contributed by atoms with Gasteiger partial charge in [-0.25, -0.2) is 0 Å². The van der Waals surface area contributed by atoms with E-state index in [1.807, 2.05) is 24.3 Å². The Bertz CT molecular complexity index is 373. The van der Waals surface area contributed by atoms with E-state index in [1.165, 1.54) is 11.1 Å². The fourth-order valence-electron chi connectivity index (χ4n) is 1.37. The Morgan fingerprint density at radius 1 is 0.688 bits per heavy atom. The molecule has 0 spiro atoms. The second-order valence-corrected chi connectivity index (χ2v) is 4.22. The Morgan fingerprint density at radius 2 is 1.12 bits per heavy atom. The molecule has 0 fully saturated rings. The average molecular weight is 212 g/mol. The first-order chi connectivity index (χ1) is 7.70. The van der Waals surface area contributed by atoms with E-state index in [0.29, 0.717) is 5.92 Å². The SMILES string of the molecule is CC(C)c1ccccc1.Cc1ccccc1. The van der Waals surface area contributed by atoms with Crippen LogP contribution in [0.25, 0.3) is 0 Å². The van der Waals surface area contributed by atoms with Crippen molar-refractivity contribution in [3.05, 3.63) is 71.8 Å². The number of rotatable bonds is 1. The van der Waals surface area contributed by atoms with Crippen LogP contribution in [-0.4, -0.2) is 0 Å². The van der Waals surface area contributed by atoms with Crippen LogP contribution in [0.2, 0.25) is 0 Å². The number of benzene rings is 2. The van der Waals surface area contributed by atoms with Crippen molar-refractivity contribution in [1.29, 1.82) is 0 Å². The molecule has 0 heteroatoms. The maximum absolute atomic E-state index is 2.20. The summed E-state index contributed by atoms with van der Waals surface area (Å²) < 4.78 is 0. The maximum Gasteiger partial charge on any atom is -0.0219 e. The highest BCUT2D eigenvalue weighted by molar-refractivity contribution is 5.17. The fraction of sp³-hybridized carbons (Fsp3) is 0.250. The largest absolute Gasteiger partial charge is 0.0622 e. The van der Waals surface area contributed by atoms with Gasteiger partial charge in [-0.1, -0.05) is 80.1 Å². The molecule has 16 heavy (non-hydrogen) atoms. The van der Waals surface area contributed by atoms with Crippen molar-refractivity contribution in [2.75, 3.05) is 0 Å². The van der Waals surface area contributed by atoms with Gasteiger partial charge >= 0.3 is 0 Å². The highest BCUT2D eigenvalue weighted by Crippen LogP contribution is 2.11. The lowest BCUT2D eigenvalue weighted by molar-refractivity contribution is 0.867. The first-order valence-corrected chi connectivity index (χ1v) is 5.76. The molecule has 0 aliphatic rings. The normalized spacial score (nSPS) is 9.50. The smallest absolute Gasteiger partial charge is 0.0219 e. The predicted octanol–water partition coefficient (Wildman–Crippen LogP) is 4.81. The molecule has 0 atom stereocenters. The molecule has 2 rings (SSSR count). The Kier molecular flexibility index (Phi) is 5.35. The van der Waals surface area contributed by atoms with Crippen molar-refractivity contribution >= 4 is 0 Å². The standard InChI is InChI=1S/C9H12.C7H8/c1-8(2)9-6-4-3-5-7-9;1-7-5-3-2-4-6-7/h3-8H,1-2H3;2-6H,1H3. The monoisotopic (exact) mass is 212 g/mol. The molecule has 84 valence electrons.